The highest BCUT2D eigenvalue weighted by molar-refractivity contribution is 6.30. The van der Waals surface area contributed by atoms with Crippen LogP contribution in [0.5, 0.6) is 5.75 Å². The van der Waals surface area contributed by atoms with Gasteiger partial charge in [-0.25, -0.2) is 0 Å². The molecule has 3 heteroatoms. The monoisotopic (exact) mass is 279 g/mol. The zero-order valence-corrected chi connectivity index (χ0v) is 12.3. The molecule has 0 aromatic heterocycles. The molecule has 1 saturated heterocycles. The Morgan fingerprint density at radius 2 is 2.11 bits per heavy atom. The predicted molar refractivity (Wildman–Crippen MR) is 78.9 cm³/mol. The fourth-order valence-electron chi connectivity index (χ4n) is 3.51. The minimum Gasteiger partial charge on any atom is -0.496 e. The van der Waals surface area contributed by atoms with E-state index in [1.54, 1.807) is 7.11 Å². The molecule has 0 bridgehead atoms. The number of ether oxygens (including phenoxy) is 1. The van der Waals surface area contributed by atoms with E-state index in [9.17, 15) is 0 Å². The van der Waals surface area contributed by atoms with Crippen LogP contribution in [0, 0.1) is 5.92 Å². The third kappa shape index (κ3) is 2.48. The predicted octanol–water partition coefficient (Wildman–Crippen LogP) is 4.12. The van der Waals surface area contributed by atoms with Crippen LogP contribution >= 0.6 is 11.6 Å². The van der Waals surface area contributed by atoms with Gasteiger partial charge < -0.3 is 10.1 Å². The lowest BCUT2D eigenvalue weighted by atomic mass is 9.80. The molecular weight excluding hydrogens is 258 g/mol. The van der Waals surface area contributed by atoms with E-state index < -0.39 is 0 Å². The summed E-state index contributed by atoms with van der Waals surface area (Å²) >= 11 is 6.24. The summed E-state index contributed by atoms with van der Waals surface area (Å²) in [7, 11) is 1.75. The molecule has 0 radical (unpaired) electrons. The highest BCUT2D eigenvalue weighted by Crippen LogP contribution is 2.51. The number of methoxy groups -OCH3 is 1. The summed E-state index contributed by atoms with van der Waals surface area (Å²) in [5.41, 5.74) is 1.36. The van der Waals surface area contributed by atoms with E-state index in [-0.39, 0.29) is 5.54 Å². The molecule has 1 aliphatic carbocycles. The van der Waals surface area contributed by atoms with E-state index in [0.717, 1.165) is 23.2 Å². The quantitative estimate of drug-likeness (QED) is 0.899. The van der Waals surface area contributed by atoms with Gasteiger partial charge in [-0.1, -0.05) is 24.4 Å². The molecule has 2 fully saturated rings. The van der Waals surface area contributed by atoms with Crippen molar-refractivity contribution in [3.8, 4) is 5.75 Å². The maximum atomic E-state index is 6.24. The zero-order chi connectivity index (χ0) is 13.3. The minimum absolute atomic E-state index is 0.0900. The maximum absolute atomic E-state index is 6.24. The van der Waals surface area contributed by atoms with Crippen molar-refractivity contribution in [1.29, 1.82) is 0 Å². The molecule has 3 rings (SSSR count). The van der Waals surface area contributed by atoms with Crippen LogP contribution in [0.25, 0.3) is 0 Å². The van der Waals surface area contributed by atoms with Crippen LogP contribution in [-0.4, -0.2) is 13.7 Å². The number of rotatable bonds is 3. The zero-order valence-electron chi connectivity index (χ0n) is 11.5. The lowest BCUT2D eigenvalue weighted by molar-refractivity contribution is 0.266. The molecule has 1 unspecified atom stereocenters. The molecule has 1 saturated carbocycles. The first-order valence-electron chi connectivity index (χ1n) is 7.35. The molecule has 2 nitrogen and oxygen atoms in total. The van der Waals surface area contributed by atoms with E-state index in [2.05, 4.69) is 11.4 Å². The third-order valence-electron chi connectivity index (χ3n) is 4.60. The van der Waals surface area contributed by atoms with Crippen LogP contribution in [0.1, 0.15) is 44.1 Å². The van der Waals surface area contributed by atoms with Gasteiger partial charge in [0.25, 0.3) is 0 Å². The van der Waals surface area contributed by atoms with Crippen molar-refractivity contribution in [2.75, 3.05) is 13.7 Å². The molecule has 1 N–H and O–H groups in total. The Labute approximate surface area is 120 Å². The normalized spacial score (nSPS) is 27.9. The smallest absolute Gasteiger partial charge is 0.124 e. The summed E-state index contributed by atoms with van der Waals surface area (Å²) in [6, 6.07) is 6.03. The Balaban J connectivity index is 2.05. The molecule has 1 aliphatic heterocycles. The molecule has 1 aromatic rings. The average Bonchev–Trinajstić information content (AvgIpc) is 3.25. The highest BCUT2D eigenvalue weighted by atomic mass is 35.5. The molecule has 0 amide bonds. The molecule has 1 atom stereocenters. The van der Waals surface area contributed by atoms with Gasteiger partial charge in [0.2, 0.25) is 0 Å². The van der Waals surface area contributed by atoms with E-state index >= 15 is 0 Å². The van der Waals surface area contributed by atoms with Gasteiger partial charge in [0.1, 0.15) is 5.75 Å². The van der Waals surface area contributed by atoms with Crippen molar-refractivity contribution >= 4 is 11.6 Å². The second kappa shape index (κ2) is 5.34. The Kier molecular flexibility index (Phi) is 3.72. The number of halogens is 1. The van der Waals surface area contributed by atoms with Gasteiger partial charge in [-0.05, 0) is 56.3 Å². The van der Waals surface area contributed by atoms with E-state index in [4.69, 9.17) is 16.3 Å². The summed E-state index contributed by atoms with van der Waals surface area (Å²) in [4.78, 5) is 0. The first kappa shape index (κ1) is 13.3. The summed E-state index contributed by atoms with van der Waals surface area (Å²) in [5, 5.41) is 4.64. The van der Waals surface area contributed by atoms with Gasteiger partial charge in [0.15, 0.2) is 0 Å². The minimum atomic E-state index is 0.0900. The summed E-state index contributed by atoms with van der Waals surface area (Å²) < 4.78 is 5.60. The fraction of sp³-hybridized carbons (Fsp3) is 0.625. The van der Waals surface area contributed by atoms with Crippen LogP contribution in [0.4, 0.5) is 0 Å². The van der Waals surface area contributed by atoms with Gasteiger partial charge in [0.05, 0.1) is 12.6 Å². The first-order chi connectivity index (χ1) is 9.26. The lowest BCUT2D eigenvalue weighted by Crippen LogP contribution is -2.44. The molecule has 0 spiro atoms. The Morgan fingerprint density at radius 3 is 2.84 bits per heavy atom. The largest absolute Gasteiger partial charge is 0.496 e. The fourth-order valence-corrected chi connectivity index (χ4v) is 3.68. The number of benzene rings is 1. The topological polar surface area (TPSA) is 21.3 Å². The van der Waals surface area contributed by atoms with Crippen LogP contribution in [-0.2, 0) is 5.54 Å². The van der Waals surface area contributed by atoms with Gasteiger partial charge in [-0.3, -0.25) is 0 Å². The van der Waals surface area contributed by atoms with Gasteiger partial charge in [-0.15, -0.1) is 0 Å². The van der Waals surface area contributed by atoms with E-state index in [0.29, 0.717) is 0 Å². The summed E-state index contributed by atoms with van der Waals surface area (Å²) in [6.07, 6.45) is 7.74. The summed E-state index contributed by atoms with van der Waals surface area (Å²) in [6.45, 7) is 1.10. The summed E-state index contributed by atoms with van der Waals surface area (Å²) in [5.74, 6) is 1.73. The third-order valence-corrected chi connectivity index (χ3v) is 4.84. The molecule has 2 aliphatic rings. The molecule has 1 heterocycles. The van der Waals surface area contributed by atoms with Gasteiger partial charge in [0, 0.05) is 10.6 Å². The van der Waals surface area contributed by atoms with E-state index in [1.165, 1.54) is 44.1 Å². The highest BCUT2D eigenvalue weighted by Gasteiger charge is 2.47. The van der Waals surface area contributed by atoms with Crippen molar-refractivity contribution in [3.05, 3.63) is 28.8 Å². The van der Waals surface area contributed by atoms with Gasteiger partial charge in [-0.2, -0.15) is 0 Å². The average molecular weight is 280 g/mol. The number of hydrogen-bond donors (Lipinski definition) is 1. The molecule has 1 aromatic carbocycles. The standard InChI is InChI=1S/C16H22ClNO/c1-19-15-8-7-13(17)11-14(15)16(12-5-6-12)9-3-2-4-10-18-16/h7-8,11-12,18H,2-6,9-10H2,1H3. The Hall–Kier alpha value is -0.730. The number of nitrogens with one attached hydrogen (secondary N) is 1. The van der Waals surface area contributed by atoms with Crippen molar-refractivity contribution in [1.82, 2.24) is 5.32 Å². The molecular formula is C16H22ClNO. The van der Waals surface area contributed by atoms with Gasteiger partial charge >= 0.3 is 0 Å². The lowest BCUT2D eigenvalue weighted by Gasteiger charge is -2.36. The second-order valence-electron chi connectivity index (χ2n) is 5.83. The van der Waals surface area contributed by atoms with Crippen LogP contribution < -0.4 is 10.1 Å². The van der Waals surface area contributed by atoms with Crippen LogP contribution in [0.15, 0.2) is 18.2 Å². The SMILES string of the molecule is COc1ccc(Cl)cc1C1(C2CC2)CCCCCN1. The van der Waals surface area contributed by atoms with Crippen molar-refractivity contribution in [3.63, 3.8) is 0 Å². The van der Waals surface area contributed by atoms with Crippen molar-refractivity contribution in [2.24, 2.45) is 5.92 Å². The maximum Gasteiger partial charge on any atom is 0.124 e. The first-order valence-corrected chi connectivity index (χ1v) is 7.73. The van der Waals surface area contributed by atoms with Crippen LogP contribution in [0.2, 0.25) is 5.02 Å². The second-order valence-corrected chi connectivity index (χ2v) is 6.26. The Bertz CT molecular complexity index is 448. The Morgan fingerprint density at radius 1 is 1.26 bits per heavy atom. The van der Waals surface area contributed by atoms with Crippen LogP contribution in [0.3, 0.4) is 0 Å². The van der Waals surface area contributed by atoms with Crippen molar-refractivity contribution in [2.45, 2.75) is 44.1 Å². The molecule has 19 heavy (non-hydrogen) atoms. The van der Waals surface area contributed by atoms with Crippen molar-refractivity contribution < 1.29 is 4.74 Å². The van der Waals surface area contributed by atoms with E-state index in [1.807, 2.05) is 12.1 Å². The number of hydrogen-bond acceptors (Lipinski definition) is 2. The molecule has 104 valence electrons.